The highest BCUT2D eigenvalue weighted by atomic mass is 32.1. The number of ether oxygens (including phenoxy) is 1. The maximum Gasteiger partial charge on any atom is 0.125 e. The third-order valence-corrected chi connectivity index (χ3v) is 2.77. The molecule has 18 heavy (non-hydrogen) atoms. The minimum atomic E-state index is -0.294. The van der Waals surface area contributed by atoms with Gasteiger partial charge >= 0.3 is 0 Å². The second-order valence-corrected chi connectivity index (χ2v) is 4.10. The maximum atomic E-state index is 13.0. The molecule has 0 saturated carbocycles. The van der Waals surface area contributed by atoms with E-state index in [-0.39, 0.29) is 5.82 Å². The largest absolute Gasteiger partial charge is 0.497 e. The Kier molecular flexibility index (Phi) is 3.89. The van der Waals surface area contributed by atoms with E-state index < -0.39 is 0 Å². The lowest BCUT2D eigenvalue weighted by molar-refractivity contribution is 0.415. The molecule has 1 N–H and O–H groups in total. The molecule has 92 valence electrons. The average molecular weight is 261 g/mol. The van der Waals surface area contributed by atoms with Crippen molar-refractivity contribution >= 4 is 22.9 Å². The molecule has 0 aromatic heterocycles. The zero-order valence-corrected chi connectivity index (χ0v) is 10.6. The van der Waals surface area contributed by atoms with E-state index in [9.17, 15) is 4.39 Å². The fourth-order valence-corrected chi connectivity index (χ4v) is 1.77. The number of thiocarbonyl (C=S) groups is 1. The second kappa shape index (κ2) is 5.60. The molecule has 0 fully saturated rings. The van der Waals surface area contributed by atoms with Crippen molar-refractivity contribution in [3.8, 4) is 5.75 Å². The van der Waals surface area contributed by atoms with Gasteiger partial charge in [0.1, 0.15) is 16.6 Å². The molecule has 4 heteroatoms. The first-order chi connectivity index (χ1) is 8.69. The summed E-state index contributed by atoms with van der Waals surface area (Å²) in [7, 11) is 1.61. The van der Waals surface area contributed by atoms with Crippen molar-refractivity contribution in [3.63, 3.8) is 0 Å². The summed E-state index contributed by atoms with van der Waals surface area (Å²) in [5.41, 5.74) is 1.49. The van der Waals surface area contributed by atoms with Gasteiger partial charge in [-0.1, -0.05) is 18.3 Å². The van der Waals surface area contributed by atoms with Gasteiger partial charge in [-0.25, -0.2) is 4.39 Å². The maximum absolute atomic E-state index is 13.0. The smallest absolute Gasteiger partial charge is 0.125 e. The topological polar surface area (TPSA) is 21.3 Å². The Morgan fingerprint density at radius 2 is 1.89 bits per heavy atom. The van der Waals surface area contributed by atoms with Crippen LogP contribution in [-0.2, 0) is 0 Å². The molecule has 0 aliphatic heterocycles. The SMILES string of the molecule is COc1ccc(C(=S)Nc2cccc(F)c2)cc1. The van der Waals surface area contributed by atoms with Crippen LogP contribution in [0.3, 0.4) is 0 Å². The van der Waals surface area contributed by atoms with Crippen LogP contribution >= 0.6 is 12.2 Å². The molecule has 0 amide bonds. The lowest BCUT2D eigenvalue weighted by atomic mass is 10.2. The lowest BCUT2D eigenvalue weighted by Gasteiger charge is -2.08. The first kappa shape index (κ1) is 12.5. The summed E-state index contributed by atoms with van der Waals surface area (Å²) < 4.78 is 18.1. The van der Waals surface area contributed by atoms with Gasteiger partial charge in [0.2, 0.25) is 0 Å². The predicted octanol–water partition coefficient (Wildman–Crippen LogP) is 3.62. The van der Waals surface area contributed by atoms with Gasteiger partial charge < -0.3 is 10.1 Å². The van der Waals surface area contributed by atoms with Gasteiger partial charge in [0.05, 0.1) is 7.11 Å². The number of anilines is 1. The third-order valence-electron chi connectivity index (χ3n) is 2.43. The van der Waals surface area contributed by atoms with E-state index in [0.29, 0.717) is 10.7 Å². The first-order valence-corrected chi connectivity index (χ1v) is 5.81. The molecule has 0 aliphatic rings. The zero-order chi connectivity index (χ0) is 13.0. The van der Waals surface area contributed by atoms with E-state index in [2.05, 4.69) is 5.32 Å². The van der Waals surface area contributed by atoms with E-state index in [0.717, 1.165) is 11.3 Å². The summed E-state index contributed by atoms with van der Waals surface area (Å²) >= 11 is 5.25. The third kappa shape index (κ3) is 3.05. The molecule has 0 atom stereocenters. The Bertz CT molecular complexity index is 554. The van der Waals surface area contributed by atoms with E-state index in [1.165, 1.54) is 12.1 Å². The molecule has 0 heterocycles. The van der Waals surface area contributed by atoms with E-state index in [1.54, 1.807) is 19.2 Å². The van der Waals surface area contributed by atoms with Crippen LogP contribution < -0.4 is 10.1 Å². The Labute approximate surface area is 110 Å². The quantitative estimate of drug-likeness (QED) is 0.853. The molecular formula is C14H12FNOS. The summed E-state index contributed by atoms with van der Waals surface area (Å²) in [6, 6.07) is 13.6. The van der Waals surface area contributed by atoms with E-state index >= 15 is 0 Å². The van der Waals surface area contributed by atoms with Crippen LogP contribution in [0.2, 0.25) is 0 Å². The van der Waals surface area contributed by atoms with Crippen LogP contribution in [0.1, 0.15) is 5.56 Å². The summed E-state index contributed by atoms with van der Waals surface area (Å²) in [6.07, 6.45) is 0. The van der Waals surface area contributed by atoms with Crippen LogP contribution in [0.5, 0.6) is 5.75 Å². The average Bonchev–Trinajstić information content (AvgIpc) is 2.39. The molecule has 0 aliphatic carbocycles. The molecule has 0 unspecified atom stereocenters. The van der Waals surface area contributed by atoms with Crippen LogP contribution in [0.4, 0.5) is 10.1 Å². The fraction of sp³-hybridized carbons (Fsp3) is 0.0714. The standard InChI is InChI=1S/C14H12FNOS/c1-17-13-7-5-10(6-8-13)14(18)16-12-4-2-3-11(15)9-12/h2-9H,1H3,(H,16,18). The molecule has 2 rings (SSSR count). The molecular weight excluding hydrogens is 249 g/mol. The zero-order valence-electron chi connectivity index (χ0n) is 9.81. The Hall–Kier alpha value is -1.94. The summed E-state index contributed by atoms with van der Waals surface area (Å²) in [5.74, 6) is 0.477. The van der Waals surface area contributed by atoms with Crippen molar-refractivity contribution in [3.05, 3.63) is 59.9 Å². The molecule has 2 nitrogen and oxygen atoms in total. The Morgan fingerprint density at radius 3 is 2.50 bits per heavy atom. The second-order valence-electron chi connectivity index (χ2n) is 3.69. The van der Waals surface area contributed by atoms with Gasteiger partial charge in [0.15, 0.2) is 0 Å². The monoisotopic (exact) mass is 261 g/mol. The minimum Gasteiger partial charge on any atom is -0.497 e. The highest BCUT2D eigenvalue weighted by Gasteiger charge is 2.02. The molecule has 2 aromatic rings. The molecule has 2 aromatic carbocycles. The van der Waals surface area contributed by atoms with Crippen molar-refractivity contribution in [2.45, 2.75) is 0 Å². The number of rotatable bonds is 3. The van der Waals surface area contributed by atoms with E-state index in [1.807, 2.05) is 24.3 Å². The number of halogens is 1. The Morgan fingerprint density at radius 1 is 1.17 bits per heavy atom. The fourth-order valence-electron chi connectivity index (χ4n) is 1.51. The number of nitrogens with one attached hydrogen (secondary N) is 1. The van der Waals surface area contributed by atoms with Gasteiger partial charge in [-0.2, -0.15) is 0 Å². The highest BCUT2D eigenvalue weighted by Crippen LogP contribution is 2.15. The van der Waals surface area contributed by atoms with Crippen molar-refractivity contribution in [1.82, 2.24) is 0 Å². The van der Waals surface area contributed by atoms with Gasteiger partial charge in [0.25, 0.3) is 0 Å². The number of methoxy groups -OCH3 is 1. The van der Waals surface area contributed by atoms with Crippen LogP contribution in [0, 0.1) is 5.82 Å². The lowest BCUT2D eigenvalue weighted by Crippen LogP contribution is -2.10. The first-order valence-electron chi connectivity index (χ1n) is 5.40. The van der Waals surface area contributed by atoms with Gasteiger partial charge in [-0.3, -0.25) is 0 Å². The molecule has 0 saturated heterocycles. The number of benzene rings is 2. The van der Waals surface area contributed by atoms with Crippen molar-refractivity contribution in [1.29, 1.82) is 0 Å². The van der Waals surface area contributed by atoms with Crippen molar-refractivity contribution in [2.24, 2.45) is 0 Å². The van der Waals surface area contributed by atoms with Gasteiger partial charge in [0, 0.05) is 11.3 Å². The minimum absolute atomic E-state index is 0.294. The molecule has 0 spiro atoms. The number of hydrogen-bond acceptors (Lipinski definition) is 2. The number of hydrogen-bond donors (Lipinski definition) is 1. The van der Waals surface area contributed by atoms with Crippen molar-refractivity contribution < 1.29 is 9.13 Å². The van der Waals surface area contributed by atoms with Crippen LogP contribution in [0.25, 0.3) is 0 Å². The normalized spacial score (nSPS) is 9.89. The van der Waals surface area contributed by atoms with Crippen LogP contribution in [-0.4, -0.2) is 12.1 Å². The van der Waals surface area contributed by atoms with Crippen LogP contribution in [0.15, 0.2) is 48.5 Å². The highest BCUT2D eigenvalue weighted by molar-refractivity contribution is 7.81. The summed E-state index contributed by atoms with van der Waals surface area (Å²) in [4.78, 5) is 0.545. The van der Waals surface area contributed by atoms with Gasteiger partial charge in [-0.05, 0) is 42.5 Å². The van der Waals surface area contributed by atoms with Crippen molar-refractivity contribution in [2.75, 3.05) is 12.4 Å². The molecule has 0 bridgehead atoms. The molecule has 0 radical (unpaired) electrons. The van der Waals surface area contributed by atoms with Gasteiger partial charge in [-0.15, -0.1) is 0 Å². The Balaban J connectivity index is 2.11. The predicted molar refractivity (Wildman–Crippen MR) is 74.7 cm³/mol. The summed E-state index contributed by atoms with van der Waals surface area (Å²) in [5, 5.41) is 2.99. The van der Waals surface area contributed by atoms with E-state index in [4.69, 9.17) is 17.0 Å². The summed E-state index contributed by atoms with van der Waals surface area (Å²) in [6.45, 7) is 0.